The van der Waals surface area contributed by atoms with Crippen LogP contribution in [0.25, 0.3) is 10.9 Å². The van der Waals surface area contributed by atoms with Crippen LogP contribution in [0, 0.1) is 0 Å². The second-order valence-electron chi connectivity index (χ2n) is 3.52. The van der Waals surface area contributed by atoms with Crippen molar-refractivity contribution in [2.24, 2.45) is 0 Å². The smallest absolute Gasteiger partial charge is 0.0934 e. The normalized spacial score (nSPS) is 11.3. The van der Waals surface area contributed by atoms with Crippen molar-refractivity contribution in [3.8, 4) is 0 Å². The second-order valence-corrected chi connectivity index (χ2v) is 3.52. The van der Waals surface area contributed by atoms with Gasteiger partial charge in [-0.1, -0.05) is 13.8 Å². The van der Waals surface area contributed by atoms with Gasteiger partial charge in [0.1, 0.15) is 0 Å². The Morgan fingerprint density at radius 3 is 2.92 bits per heavy atom. The SMILES string of the molecule is CC(C)c1c2ncccc2cn1N. The van der Waals surface area contributed by atoms with E-state index in [1.54, 1.807) is 10.9 Å². The van der Waals surface area contributed by atoms with Gasteiger partial charge in [-0.3, -0.25) is 9.66 Å². The van der Waals surface area contributed by atoms with E-state index >= 15 is 0 Å². The first kappa shape index (κ1) is 8.10. The Hall–Kier alpha value is -1.51. The predicted molar refractivity (Wildman–Crippen MR) is 54.0 cm³/mol. The molecular weight excluding hydrogens is 162 g/mol. The highest BCUT2D eigenvalue weighted by atomic mass is 15.3. The van der Waals surface area contributed by atoms with Gasteiger partial charge in [-0.05, 0) is 18.1 Å². The van der Waals surface area contributed by atoms with E-state index < -0.39 is 0 Å². The second kappa shape index (κ2) is 2.76. The molecule has 2 aromatic heterocycles. The molecule has 0 bridgehead atoms. The van der Waals surface area contributed by atoms with Crippen LogP contribution in [0.3, 0.4) is 0 Å². The number of nitrogen functional groups attached to an aromatic ring is 1. The molecule has 2 heterocycles. The number of hydrogen-bond acceptors (Lipinski definition) is 2. The van der Waals surface area contributed by atoms with Gasteiger partial charge >= 0.3 is 0 Å². The molecule has 3 heteroatoms. The molecule has 0 fully saturated rings. The molecular formula is C10H13N3. The monoisotopic (exact) mass is 175 g/mol. The molecule has 0 aliphatic carbocycles. The number of pyridine rings is 1. The molecule has 3 nitrogen and oxygen atoms in total. The highest BCUT2D eigenvalue weighted by molar-refractivity contribution is 5.81. The van der Waals surface area contributed by atoms with Gasteiger partial charge < -0.3 is 5.84 Å². The molecule has 2 N–H and O–H groups in total. The van der Waals surface area contributed by atoms with E-state index in [2.05, 4.69) is 18.8 Å². The molecule has 0 saturated heterocycles. The summed E-state index contributed by atoms with van der Waals surface area (Å²) in [5.74, 6) is 6.23. The van der Waals surface area contributed by atoms with Gasteiger partial charge in [-0.15, -0.1) is 0 Å². The molecule has 0 saturated carbocycles. The van der Waals surface area contributed by atoms with Crippen LogP contribution in [0.1, 0.15) is 25.5 Å². The summed E-state index contributed by atoms with van der Waals surface area (Å²) in [6.07, 6.45) is 3.71. The predicted octanol–water partition coefficient (Wildman–Crippen LogP) is 1.87. The standard InChI is InChI=1S/C10H13N3/c1-7(2)10-9-8(6-13(10)11)4-3-5-12-9/h3-7H,11H2,1-2H3. The van der Waals surface area contributed by atoms with Crippen molar-refractivity contribution in [1.29, 1.82) is 0 Å². The number of rotatable bonds is 1. The average molecular weight is 175 g/mol. The molecule has 0 unspecified atom stereocenters. The van der Waals surface area contributed by atoms with E-state index in [9.17, 15) is 0 Å². The Labute approximate surface area is 77.2 Å². The van der Waals surface area contributed by atoms with E-state index in [0.29, 0.717) is 5.92 Å². The van der Waals surface area contributed by atoms with Crippen LogP contribution in [-0.4, -0.2) is 9.66 Å². The van der Waals surface area contributed by atoms with Gasteiger partial charge in [-0.25, -0.2) is 0 Å². The van der Waals surface area contributed by atoms with Crippen LogP contribution in [0.4, 0.5) is 0 Å². The van der Waals surface area contributed by atoms with Gasteiger partial charge in [0.25, 0.3) is 0 Å². The largest absolute Gasteiger partial charge is 0.339 e. The van der Waals surface area contributed by atoms with Crippen molar-refractivity contribution in [2.45, 2.75) is 19.8 Å². The van der Waals surface area contributed by atoms with Crippen LogP contribution in [-0.2, 0) is 0 Å². The number of aromatic nitrogens is 2. The zero-order valence-corrected chi connectivity index (χ0v) is 7.86. The average Bonchev–Trinajstić information content (AvgIpc) is 2.39. The Morgan fingerprint density at radius 2 is 2.23 bits per heavy atom. The van der Waals surface area contributed by atoms with Gasteiger partial charge in [0.05, 0.1) is 11.2 Å². The Balaban J connectivity index is 2.78. The Bertz CT molecular complexity index is 429. The van der Waals surface area contributed by atoms with Crippen molar-refractivity contribution in [3.63, 3.8) is 0 Å². The van der Waals surface area contributed by atoms with Gasteiger partial charge in [0, 0.05) is 17.8 Å². The number of nitrogens with zero attached hydrogens (tertiary/aromatic N) is 2. The molecule has 13 heavy (non-hydrogen) atoms. The lowest BCUT2D eigenvalue weighted by molar-refractivity contribution is 0.775. The summed E-state index contributed by atoms with van der Waals surface area (Å²) in [4.78, 5) is 4.32. The maximum atomic E-state index is 5.83. The third-order valence-electron chi connectivity index (χ3n) is 2.18. The third-order valence-corrected chi connectivity index (χ3v) is 2.18. The van der Waals surface area contributed by atoms with E-state index in [0.717, 1.165) is 16.6 Å². The summed E-state index contributed by atoms with van der Waals surface area (Å²) in [5, 5.41) is 1.11. The van der Waals surface area contributed by atoms with E-state index in [4.69, 9.17) is 5.84 Å². The summed E-state index contributed by atoms with van der Waals surface area (Å²) < 4.78 is 1.67. The molecule has 68 valence electrons. The zero-order valence-electron chi connectivity index (χ0n) is 7.86. The molecule has 0 amide bonds. The zero-order chi connectivity index (χ0) is 9.42. The first-order valence-corrected chi connectivity index (χ1v) is 4.41. The highest BCUT2D eigenvalue weighted by Gasteiger charge is 2.11. The molecule has 0 radical (unpaired) electrons. The van der Waals surface area contributed by atoms with Gasteiger partial charge in [0.15, 0.2) is 0 Å². The summed E-state index contributed by atoms with van der Waals surface area (Å²) in [7, 11) is 0. The summed E-state index contributed by atoms with van der Waals surface area (Å²) in [6.45, 7) is 4.24. The molecule has 0 aromatic carbocycles. The topological polar surface area (TPSA) is 43.8 Å². The molecule has 0 aliphatic heterocycles. The Kier molecular flexibility index (Phi) is 1.72. The van der Waals surface area contributed by atoms with Crippen LogP contribution >= 0.6 is 0 Å². The minimum absolute atomic E-state index is 0.400. The van der Waals surface area contributed by atoms with Crippen molar-refractivity contribution < 1.29 is 0 Å². The van der Waals surface area contributed by atoms with E-state index in [1.807, 2.05) is 18.3 Å². The first-order chi connectivity index (χ1) is 6.20. The Morgan fingerprint density at radius 1 is 1.46 bits per heavy atom. The number of nitrogens with two attached hydrogens (primary N) is 1. The maximum absolute atomic E-state index is 5.83. The lowest BCUT2D eigenvalue weighted by Crippen LogP contribution is -2.11. The van der Waals surface area contributed by atoms with Crippen molar-refractivity contribution in [2.75, 3.05) is 5.84 Å². The van der Waals surface area contributed by atoms with Gasteiger partial charge in [-0.2, -0.15) is 0 Å². The minimum Gasteiger partial charge on any atom is -0.339 e. The molecule has 2 aromatic rings. The molecule has 0 spiro atoms. The van der Waals surface area contributed by atoms with Crippen molar-refractivity contribution in [1.82, 2.24) is 9.66 Å². The van der Waals surface area contributed by atoms with Gasteiger partial charge in [0.2, 0.25) is 0 Å². The van der Waals surface area contributed by atoms with E-state index in [-0.39, 0.29) is 0 Å². The van der Waals surface area contributed by atoms with Crippen molar-refractivity contribution in [3.05, 3.63) is 30.2 Å². The van der Waals surface area contributed by atoms with Crippen LogP contribution < -0.4 is 5.84 Å². The highest BCUT2D eigenvalue weighted by Crippen LogP contribution is 2.23. The minimum atomic E-state index is 0.400. The fraction of sp³-hybridized carbons (Fsp3) is 0.300. The molecule has 0 atom stereocenters. The number of fused-ring (bicyclic) bond motifs is 1. The molecule has 2 rings (SSSR count). The van der Waals surface area contributed by atoms with Crippen LogP contribution in [0.5, 0.6) is 0 Å². The van der Waals surface area contributed by atoms with Crippen molar-refractivity contribution >= 4 is 10.9 Å². The summed E-state index contributed by atoms with van der Waals surface area (Å²) in [5.41, 5.74) is 2.11. The van der Waals surface area contributed by atoms with Crippen LogP contribution in [0.2, 0.25) is 0 Å². The van der Waals surface area contributed by atoms with E-state index in [1.165, 1.54) is 0 Å². The van der Waals surface area contributed by atoms with Crippen LogP contribution in [0.15, 0.2) is 24.5 Å². The lowest BCUT2D eigenvalue weighted by Gasteiger charge is -2.05. The summed E-state index contributed by atoms with van der Waals surface area (Å²) in [6, 6.07) is 3.95. The quantitative estimate of drug-likeness (QED) is 0.672. The number of hydrogen-bond donors (Lipinski definition) is 1. The summed E-state index contributed by atoms with van der Waals surface area (Å²) >= 11 is 0. The maximum Gasteiger partial charge on any atom is 0.0934 e. The third kappa shape index (κ3) is 1.16. The fourth-order valence-electron chi connectivity index (χ4n) is 1.65. The lowest BCUT2D eigenvalue weighted by atomic mass is 10.1. The fourth-order valence-corrected chi connectivity index (χ4v) is 1.65. The molecule has 0 aliphatic rings. The first-order valence-electron chi connectivity index (χ1n) is 4.41.